The average Bonchev–Trinajstić information content (AvgIpc) is 2.56. The number of rotatable bonds is 7. The van der Waals surface area contributed by atoms with Gasteiger partial charge in [0.2, 0.25) is 0 Å². The number of phenolic OH excluding ortho intramolecular Hbond substituents is 1. The van der Waals surface area contributed by atoms with Gasteiger partial charge in [-0.1, -0.05) is 32.0 Å². The van der Waals surface area contributed by atoms with E-state index in [9.17, 15) is 14.7 Å². The molecular weight excluding hydrogens is 322 g/mol. The number of aromatic hydroxyl groups is 1. The third-order valence-corrected chi connectivity index (χ3v) is 3.59. The van der Waals surface area contributed by atoms with Crippen molar-refractivity contribution in [1.29, 1.82) is 0 Å². The number of anilines is 1. The molecule has 6 heteroatoms. The SMILES string of the molecule is CC(C)c1cccc(OCC(=O)Nc2cc(CC(=O)O)ccc2O)c1. The van der Waals surface area contributed by atoms with E-state index in [1.165, 1.54) is 18.2 Å². The minimum absolute atomic E-state index is 0.135. The van der Waals surface area contributed by atoms with E-state index in [1.807, 2.05) is 18.2 Å². The molecule has 0 fully saturated rings. The Morgan fingerprint density at radius 3 is 2.60 bits per heavy atom. The van der Waals surface area contributed by atoms with Crippen LogP contribution in [0.15, 0.2) is 42.5 Å². The number of aliphatic carboxylic acids is 1. The van der Waals surface area contributed by atoms with Gasteiger partial charge in [0.1, 0.15) is 11.5 Å². The molecular formula is C19H21NO5. The fourth-order valence-corrected chi connectivity index (χ4v) is 2.27. The second kappa shape index (κ2) is 8.19. The number of hydrogen-bond donors (Lipinski definition) is 3. The van der Waals surface area contributed by atoms with Crippen LogP contribution in [0.3, 0.4) is 0 Å². The van der Waals surface area contributed by atoms with Crippen LogP contribution < -0.4 is 10.1 Å². The lowest BCUT2D eigenvalue weighted by Crippen LogP contribution is -2.20. The van der Waals surface area contributed by atoms with E-state index in [4.69, 9.17) is 9.84 Å². The number of carboxylic acids is 1. The lowest BCUT2D eigenvalue weighted by molar-refractivity contribution is -0.136. The minimum atomic E-state index is -0.990. The van der Waals surface area contributed by atoms with Crippen molar-refractivity contribution in [2.24, 2.45) is 0 Å². The first-order valence-electron chi connectivity index (χ1n) is 7.91. The molecule has 0 aliphatic rings. The van der Waals surface area contributed by atoms with E-state index >= 15 is 0 Å². The van der Waals surface area contributed by atoms with Crippen LogP contribution in [-0.2, 0) is 16.0 Å². The van der Waals surface area contributed by atoms with Gasteiger partial charge in [-0.2, -0.15) is 0 Å². The second-order valence-electron chi connectivity index (χ2n) is 5.99. The van der Waals surface area contributed by atoms with E-state index in [-0.39, 0.29) is 24.5 Å². The van der Waals surface area contributed by atoms with E-state index in [0.717, 1.165) is 5.56 Å². The summed E-state index contributed by atoms with van der Waals surface area (Å²) in [5.41, 5.74) is 1.74. The quantitative estimate of drug-likeness (QED) is 0.671. The predicted molar refractivity (Wildman–Crippen MR) is 94.1 cm³/mol. The minimum Gasteiger partial charge on any atom is -0.506 e. The van der Waals surface area contributed by atoms with E-state index in [2.05, 4.69) is 19.2 Å². The highest BCUT2D eigenvalue weighted by atomic mass is 16.5. The van der Waals surface area contributed by atoms with Crippen molar-refractivity contribution in [3.63, 3.8) is 0 Å². The average molecular weight is 343 g/mol. The highest BCUT2D eigenvalue weighted by Crippen LogP contribution is 2.25. The summed E-state index contributed by atoms with van der Waals surface area (Å²) in [6.07, 6.45) is -0.193. The van der Waals surface area contributed by atoms with Crippen LogP contribution >= 0.6 is 0 Å². The first-order chi connectivity index (χ1) is 11.8. The lowest BCUT2D eigenvalue weighted by atomic mass is 10.0. The third kappa shape index (κ3) is 5.53. The summed E-state index contributed by atoms with van der Waals surface area (Å²) in [6.45, 7) is 3.92. The van der Waals surface area contributed by atoms with Gasteiger partial charge in [-0.3, -0.25) is 9.59 Å². The Morgan fingerprint density at radius 2 is 1.92 bits per heavy atom. The molecule has 0 bridgehead atoms. The molecule has 0 aromatic heterocycles. The van der Waals surface area contributed by atoms with Crippen LogP contribution in [0.4, 0.5) is 5.69 Å². The maximum atomic E-state index is 12.0. The maximum Gasteiger partial charge on any atom is 0.307 e. The first-order valence-corrected chi connectivity index (χ1v) is 7.91. The van der Waals surface area contributed by atoms with Gasteiger partial charge in [0, 0.05) is 0 Å². The smallest absolute Gasteiger partial charge is 0.307 e. The molecule has 132 valence electrons. The predicted octanol–water partition coefficient (Wildman–Crippen LogP) is 3.16. The van der Waals surface area contributed by atoms with Crippen LogP contribution in [0.1, 0.15) is 30.9 Å². The first kappa shape index (κ1) is 18.3. The summed E-state index contributed by atoms with van der Waals surface area (Å²) in [5, 5.41) is 21.1. The monoisotopic (exact) mass is 343 g/mol. The summed E-state index contributed by atoms with van der Waals surface area (Å²) < 4.78 is 5.48. The second-order valence-corrected chi connectivity index (χ2v) is 5.99. The molecule has 0 saturated carbocycles. The van der Waals surface area contributed by atoms with Gasteiger partial charge in [0.05, 0.1) is 12.1 Å². The molecule has 0 aliphatic heterocycles. The molecule has 0 saturated heterocycles. The van der Waals surface area contributed by atoms with Gasteiger partial charge in [-0.25, -0.2) is 0 Å². The molecule has 3 N–H and O–H groups in total. The zero-order valence-electron chi connectivity index (χ0n) is 14.2. The number of carbonyl (C=O) groups is 2. The number of benzene rings is 2. The maximum absolute atomic E-state index is 12.0. The van der Waals surface area contributed by atoms with Crippen LogP contribution in [0, 0.1) is 0 Å². The highest BCUT2D eigenvalue weighted by Gasteiger charge is 2.10. The fourth-order valence-electron chi connectivity index (χ4n) is 2.27. The molecule has 0 spiro atoms. The van der Waals surface area contributed by atoms with Crippen molar-refractivity contribution < 1.29 is 24.5 Å². The number of hydrogen-bond acceptors (Lipinski definition) is 4. The molecule has 25 heavy (non-hydrogen) atoms. The number of carbonyl (C=O) groups excluding carboxylic acids is 1. The van der Waals surface area contributed by atoms with Gasteiger partial charge < -0.3 is 20.3 Å². The van der Waals surface area contributed by atoms with Crippen molar-refractivity contribution in [2.45, 2.75) is 26.2 Å². The Balaban J connectivity index is 1.98. The molecule has 2 aromatic carbocycles. The highest BCUT2D eigenvalue weighted by molar-refractivity contribution is 5.93. The van der Waals surface area contributed by atoms with Crippen LogP contribution in [0.2, 0.25) is 0 Å². The molecule has 0 heterocycles. The van der Waals surface area contributed by atoms with Gasteiger partial charge in [0.15, 0.2) is 6.61 Å². The number of nitrogens with one attached hydrogen (secondary N) is 1. The zero-order valence-corrected chi connectivity index (χ0v) is 14.2. The molecule has 6 nitrogen and oxygen atoms in total. The van der Waals surface area contributed by atoms with Crippen molar-refractivity contribution in [1.82, 2.24) is 0 Å². The molecule has 2 rings (SSSR count). The zero-order chi connectivity index (χ0) is 18.4. The molecule has 2 aromatic rings. The van der Waals surface area contributed by atoms with E-state index < -0.39 is 11.9 Å². The Kier molecular flexibility index (Phi) is 6.00. The van der Waals surface area contributed by atoms with E-state index in [1.54, 1.807) is 6.07 Å². The van der Waals surface area contributed by atoms with Crippen LogP contribution in [0.5, 0.6) is 11.5 Å². The van der Waals surface area contributed by atoms with Crippen molar-refractivity contribution in [3.05, 3.63) is 53.6 Å². The number of carboxylic acid groups (broad SMARTS) is 1. The van der Waals surface area contributed by atoms with Gasteiger partial charge in [-0.05, 0) is 41.3 Å². The number of amides is 1. The summed E-state index contributed by atoms with van der Waals surface area (Å²) in [7, 11) is 0. The van der Waals surface area contributed by atoms with Crippen molar-refractivity contribution in [3.8, 4) is 11.5 Å². The Hall–Kier alpha value is -3.02. The third-order valence-electron chi connectivity index (χ3n) is 3.59. The van der Waals surface area contributed by atoms with Crippen molar-refractivity contribution >= 4 is 17.6 Å². The molecule has 0 radical (unpaired) electrons. The topological polar surface area (TPSA) is 95.9 Å². The van der Waals surface area contributed by atoms with Crippen molar-refractivity contribution in [2.75, 3.05) is 11.9 Å². The lowest BCUT2D eigenvalue weighted by Gasteiger charge is -2.11. The van der Waals surface area contributed by atoms with Gasteiger partial charge in [0.25, 0.3) is 5.91 Å². The Bertz CT molecular complexity index is 770. The van der Waals surface area contributed by atoms with E-state index in [0.29, 0.717) is 17.2 Å². The van der Waals surface area contributed by atoms with Gasteiger partial charge >= 0.3 is 5.97 Å². The van der Waals surface area contributed by atoms with Crippen LogP contribution in [0.25, 0.3) is 0 Å². The molecule has 1 amide bonds. The Morgan fingerprint density at radius 1 is 1.16 bits per heavy atom. The normalized spacial score (nSPS) is 10.5. The molecule has 0 atom stereocenters. The number of phenols is 1. The summed E-state index contributed by atoms with van der Waals surface area (Å²) in [5.74, 6) is -0.630. The van der Waals surface area contributed by atoms with Gasteiger partial charge in [-0.15, -0.1) is 0 Å². The summed E-state index contributed by atoms with van der Waals surface area (Å²) in [6, 6.07) is 11.8. The molecule has 0 aliphatic carbocycles. The largest absolute Gasteiger partial charge is 0.506 e. The number of ether oxygens (including phenoxy) is 1. The standard InChI is InChI=1S/C19H21NO5/c1-12(2)14-4-3-5-15(10-14)25-11-18(22)20-16-8-13(9-19(23)24)6-7-17(16)21/h3-8,10,12,21H,9,11H2,1-2H3,(H,20,22)(H,23,24). The van der Waals surface area contributed by atoms with Crippen LogP contribution in [-0.4, -0.2) is 28.7 Å². The summed E-state index contributed by atoms with van der Waals surface area (Å²) >= 11 is 0. The molecule has 0 unspecified atom stereocenters. The fraction of sp³-hybridized carbons (Fsp3) is 0.263. The summed E-state index contributed by atoms with van der Waals surface area (Å²) in [4.78, 5) is 22.8. The Labute approximate surface area is 146 Å².